The lowest BCUT2D eigenvalue weighted by atomic mass is 9.79. The van der Waals surface area contributed by atoms with Gasteiger partial charge in [0.2, 0.25) is 0 Å². The Morgan fingerprint density at radius 1 is 0.371 bits per heavy atom. The molecule has 10 aromatic carbocycles. The second-order valence-corrected chi connectivity index (χ2v) is 19.8. The summed E-state index contributed by atoms with van der Waals surface area (Å²) in [4.78, 5) is 16.8. The molecule has 0 aromatic heterocycles. The minimum Gasteiger partial charge on any atom is -0.377 e. The van der Waals surface area contributed by atoms with Gasteiger partial charge in [0.25, 0.3) is 0 Å². The first-order valence-corrected chi connectivity index (χ1v) is 24.8. The number of benzene rings is 10. The molecule has 0 heterocycles. The topological polar surface area (TPSA) is 41.1 Å². The molecule has 0 spiro atoms. The Kier molecular flexibility index (Phi) is 11.0. The standard InChI is InChI=1S/C67H56N2O/c1-41-37-43(3)63(55(39-41)57(45-21-9-5-10-22-45)46-23-11-6-12-24-46)68-65-53-35-19-31-49-29-17-33-51(59(49)53)61(65)67(70)62-52-34-18-30-50-32-20-36-54(60(50)52)66(62)69-64-44(4)38-42(2)40-56(64)58(47-25-13-7-14-26-47)48-27-15-8-16-28-48/h5-40,57-58,61-62,65-66,68-69H,1-4H3. The second-order valence-electron chi connectivity index (χ2n) is 19.8. The van der Waals surface area contributed by atoms with Crippen molar-refractivity contribution in [1.82, 2.24) is 0 Å². The maximum Gasteiger partial charge on any atom is 0.152 e. The van der Waals surface area contributed by atoms with Crippen molar-refractivity contribution in [2.75, 3.05) is 10.6 Å². The molecule has 2 N–H and O–H groups in total. The Morgan fingerprint density at radius 2 is 0.686 bits per heavy atom. The highest BCUT2D eigenvalue weighted by Crippen LogP contribution is 2.56. The maximum absolute atomic E-state index is 16.8. The molecule has 4 atom stereocenters. The SMILES string of the molecule is Cc1cc(C)c(NC2c3cccc4cccc(c34)C2C(=O)C2c3cccc4cccc(c34)C2Nc2c(C)cc(C)cc2C(c2ccccc2)c2ccccc2)c(C(c2ccccc2)c2ccccc2)c1. The van der Waals surface area contributed by atoms with Crippen molar-refractivity contribution in [3.63, 3.8) is 0 Å². The number of carbonyl (C=O) groups excluding carboxylic acids is 1. The fraction of sp³-hybridized carbons (Fsp3) is 0.149. The van der Waals surface area contributed by atoms with Crippen molar-refractivity contribution >= 4 is 38.7 Å². The highest BCUT2D eigenvalue weighted by atomic mass is 16.1. The number of aryl methyl sites for hydroxylation is 4. The van der Waals surface area contributed by atoms with E-state index in [0.717, 1.165) is 55.5 Å². The summed E-state index contributed by atoms with van der Waals surface area (Å²) in [6, 6.07) is 78.4. The van der Waals surface area contributed by atoms with Gasteiger partial charge >= 0.3 is 0 Å². The number of carbonyl (C=O) groups is 1. The number of anilines is 2. The molecular formula is C67H56N2O. The summed E-state index contributed by atoms with van der Waals surface area (Å²) in [6.07, 6.45) is 0. The molecule has 3 heteroatoms. The molecule has 0 saturated heterocycles. The van der Waals surface area contributed by atoms with E-state index in [1.165, 1.54) is 55.3 Å². The third-order valence-corrected chi connectivity index (χ3v) is 15.3. The van der Waals surface area contributed by atoms with Crippen LogP contribution in [0.4, 0.5) is 11.4 Å². The van der Waals surface area contributed by atoms with Crippen molar-refractivity contribution in [3.05, 3.63) is 296 Å². The number of nitrogens with one attached hydrogen (secondary N) is 2. The number of Topliss-reactive ketones (excluding diaryl/α,β-unsaturated/α-hetero) is 1. The molecule has 70 heavy (non-hydrogen) atoms. The molecule has 340 valence electrons. The van der Waals surface area contributed by atoms with E-state index in [1.807, 2.05) is 0 Å². The lowest BCUT2D eigenvalue weighted by Gasteiger charge is -2.33. The largest absolute Gasteiger partial charge is 0.377 e. The van der Waals surface area contributed by atoms with Crippen LogP contribution in [-0.2, 0) is 4.79 Å². The van der Waals surface area contributed by atoms with Gasteiger partial charge in [-0.25, -0.2) is 0 Å². The van der Waals surface area contributed by atoms with Gasteiger partial charge in [0.15, 0.2) is 5.78 Å². The summed E-state index contributed by atoms with van der Waals surface area (Å²) in [7, 11) is 0. The Bertz CT molecular complexity index is 3260. The summed E-state index contributed by atoms with van der Waals surface area (Å²) >= 11 is 0. The van der Waals surface area contributed by atoms with E-state index >= 15 is 4.79 Å². The zero-order chi connectivity index (χ0) is 47.5. The van der Waals surface area contributed by atoms with Crippen LogP contribution >= 0.6 is 0 Å². The summed E-state index contributed by atoms with van der Waals surface area (Å²) < 4.78 is 0. The number of hydrogen-bond donors (Lipinski definition) is 2. The maximum atomic E-state index is 16.8. The van der Waals surface area contributed by atoms with E-state index in [-0.39, 0.29) is 29.7 Å². The van der Waals surface area contributed by atoms with Crippen LogP contribution in [0.2, 0.25) is 0 Å². The molecule has 0 saturated carbocycles. The molecule has 0 amide bonds. The molecule has 12 rings (SSSR count). The van der Waals surface area contributed by atoms with Crippen LogP contribution < -0.4 is 10.6 Å². The molecule has 0 fully saturated rings. The molecule has 2 aliphatic carbocycles. The molecule has 0 radical (unpaired) electrons. The van der Waals surface area contributed by atoms with Crippen LogP contribution in [0, 0.1) is 27.7 Å². The van der Waals surface area contributed by atoms with E-state index < -0.39 is 11.8 Å². The number of ketones is 1. The fourth-order valence-electron chi connectivity index (χ4n) is 12.6. The van der Waals surface area contributed by atoms with Gasteiger partial charge < -0.3 is 10.6 Å². The first-order valence-electron chi connectivity index (χ1n) is 24.8. The van der Waals surface area contributed by atoms with E-state index in [4.69, 9.17) is 0 Å². The van der Waals surface area contributed by atoms with E-state index in [1.54, 1.807) is 0 Å². The van der Waals surface area contributed by atoms with Crippen LogP contribution in [0.1, 0.15) is 114 Å². The third-order valence-electron chi connectivity index (χ3n) is 15.3. The highest BCUT2D eigenvalue weighted by molar-refractivity contribution is 6.07. The minimum absolute atomic E-state index is 0.0321. The average Bonchev–Trinajstić information content (AvgIpc) is 3.88. The van der Waals surface area contributed by atoms with Gasteiger partial charge in [0.05, 0.1) is 23.9 Å². The molecule has 0 bridgehead atoms. The predicted octanol–water partition coefficient (Wildman–Crippen LogP) is 16.4. The van der Waals surface area contributed by atoms with Crippen molar-refractivity contribution in [3.8, 4) is 0 Å². The third kappa shape index (κ3) is 7.40. The second kappa shape index (κ2) is 17.8. The predicted molar refractivity (Wildman–Crippen MR) is 291 cm³/mol. The Balaban J connectivity index is 1.03. The zero-order valence-corrected chi connectivity index (χ0v) is 40.2. The van der Waals surface area contributed by atoms with Crippen molar-refractivity contribution in [2.24, 2.45) is 0 Å². The van der Waals surface area contributed by atoms with Crippen molar-refractivity contribution in [2.45, 2.75) is 63.5 Å². The molecule has 10 aromatic rings. The average molecular weight is 905 g/mol. The van der Waals surface area contributed by atoms with Crippen molar-refractivity contribution < 1.29 is 4.79 Å². The molecule has 4 unspecified atom stereocenters. The summed E-state index contributed by atoms with van der Waals surface area (Å²) in [5, 5.41) is 13.1. The van der Waals surface area contributed by atoms with Crippen LogP contribution in [-0.4, -0.2) is 5.78 Å². The molecule has 2 aliphatic rings. The normalized spacial score (nSPS) is 16.9. The summed E-state index contributed by atoms with van der Waals surface area (Å²) in [5.41, 5.74) is 18.7. The monoisotopic (exact) mass is 904 g/mol. The highest BCUT2D eigenvalue weighted by Gasteiger charge is 2.48. The quantitative estimate of drug-likeness (QED) is 0.120. The zero-order valence-electron chi connectivity index (χ0n) is 40.2. The van der Waals surface area contributed by atoms with Crippen LogP contribution in [0.15, 0.2) is 218 Å². The molecule has 3 nitrogen and oxygen atoms in total. The number of hydrogen-bond acceptors (Lipinski definition) is 3. The van der Waals surface area contributed by atoms with Gasteiger partial charge in [-0.15, -0.1) is 0 Å². The fourth-order valence-corrected chi connectivity index (χ4v) is 12.6. The summed E-state index contributed by atoms with van der Waals surface area (Å²) in [6.45, 7) is 8.83. The van der Waals surface area contributed by atoms with Gasteiger partial charge in [-0.3, -0.25) is 4.79 Å². The lowest BCUT2D eigenvalue weighted by molar-refractivity contribution is -0.122. The first-order chi connectivity index (χ1) is 34.3. The van der Waals surface area contributed by atoms with E-state index in [0.29, 0.717) is 0 Å². The van der Waals surface area contributed by atoms with Crippen LogP contribution in [0.3, 0.4) is 0 Å². The van der Waals surface area contributed by atoms with Crippen LogP contribution in [0.5, 0.6) is 0 Å². The summed E-state index contributed by atoms with van der Waals surface area (Å²) in [5.74, 6) is -0.822. The van der Waals surface area contributed by atoms with Gasteiger partial charge in [-0.2, -0.15) is 0 Å². The lowest BCUT2D eigenvalue weighted by Crippen LogP contribution is -2.31. The van der Waals surface area contributed by atoms with E-state index in [2.05, 4.69) is 257 Å². The number of rotatable bonds is 12. The van der Waals surface area contributed by atoms with Gasteiger partial charge in [0, 0.05) is 23.2 Å². The Labute approximate surface area is 411 Å². The Hall–Kier alpha value is -8.01. The van der Waals surface area contributed by atoms with E-state index in [9.17, 15) is 0 Å². The smallest absolute Gasteiger partial charge is 0.152 e. The molecule has 0 aliphatic heterocycles. The minimum atomic E-state index is -0.486. The van der Waals surface area contributed by atoms with Crippen LogP contribution in [0.25, 0.3) is 21.5 Å². The van der Waals surface area contributed by atoms with Gasteiger partial charge in [0.1, 0.15) is 0 Å². The first kappa shape index (κ1) is 43.3. The molecular weight excluding hydrogens is 849 g/mol. The Morgan fingerprint density at radius 3 is 1.01 bits per heavy atom. The van der Waals surface area contributed by atoms with Gasteiger partial charge in [-0.05, 0) is 116 Å². The van der Waals surface area contributed by atoms with Gasteiger partial charge in [-0.1, -0.05) is 230 Å². The van der Waals surface area contributed by atoms with Crippen molar-refractivity contribution in [1.29, 1.82) is 0 Å².